The summed E-state index contributed by atoms with van der Waals surface area (Å²) in [5, 5.41) is 19.0. The van der Waals surface area contributed by atoms with Gasteiger partial charge in [0, 0.05) is 37.8 Å². The van der Waals surface area contributed by atoms with Crippen LogP contribution in [-0.4, -0.2) is 66.9 Å². The van der Waals surface area contributed by atoms with Gasteiger partial charge in [0.2, 0.25) is 5.95 Å². The van der Waals surface area contributed by atoms with Gasteiger partial charge in [0.25, 0.3) is 15.6 Å². The molecule has 4 heterocycles. The summed E-state index contributed by atoms with van der Waals surface area (Å²) in [5.74, 6) is 2.79. The maximum atomic E-state index is 13.2. The lowest BCUT2D eigenvalue weighted by molar-refractivity contribution is 0.0266. The van der Waals surface area contributed by atoms with E-state index in [1.165, 1.54) is 25.8 Å². The first-order chi connectivity index (χ1) is 17.1. The molecule has 0 spiro atoms. The van der Waals surface area contributed by atoms with Crippen molar-refractivity contribution in [3.8, 4) is 12.3 Å². The second-order valence-corrected chi connectivity index (χ2v) is 11.6. The van der Waals surface area contributed by atoms with E-state index in [1.807, 2.05) is 0 Å². The Bertz CT molecular complexity index is 1510. The number of nitrogens with zero attached hydrogens (tertiary/aromatic N) is 6. The van der Waals surface area contributed by atoms with Crippen LogP contribution in [0.1, 0.15) is 50.6 Å². The van der Waals surface area contributed by atoms with Gasteiger partial charge >= 0.3 is 0 Å². The zero-order chi connectivity index (χ0) is 25.7. The molecular weight excluding hydrogens is 482 g/mol. The summed E-state index contributed by atoms with van der Waals surface area (Å²) in [7, 11) is -2.01. The number of pyridine rings is 1. The number of anilines is 1. The third-order valence-corrected chi connectivity index (χ3v) is 9.26. The quantitative estimate of drug-likeness (QED) is 0.489. The van der Waals surface area contributed by atoms with Crippen molar-refractivity contribution in [2.24, 2.45) is 7.05 Å². The fourth-order valence-corrected chi connectivity index (χ4v) is 6.86. The Morgan fingerprint density at radius 2 is 2.03 bits per heavy atom. The molecule has 36 heavy (non-hydrogen) atoms. The van der Waals surface area contributed by atoms with Crippen molar-refractivity contribution in [3.63, 3.8) is 0 Å². The number of aromatic nitrogens is 5. The molecule has 190 valence electrons. The average Bonchev–Trinajstić information content (AvgIpc) is 3.44. The Morgan fingerprint density at radius 1 is 1.28 bits per heavy atom. The van der Waals surface area contributed by atoms with Crippen LogP contribution < -0.4 is 10.9 Å². The zero-order valence-corrected chi connectivity index (χ0v) is 21.1. The second-order valence-electron chi connectivity index (χ2n) is 9.73. The molecule has 3 aromatic rings. The van der Waals surface area contributed by atoms with Crippen molar-refractivity contribution in [1.82, 2.24) is 28.6 Å². The van der Waals surface area contributed by atoms with E-state index in [4.69, 9.17) is 6.42 Å². The monoisotopic (exact) mass is 511 g/mol. The minimum Gasteiger partial charge on any atom is -0.388 e. The summed E-state index contributed by atoms with van der Waals surface area (Å²) in [5.41, 5.74) is -0.777. The predicted molar refractivity (Wildman–Crippen MR) is 134 cm³/mol. The van der Waals surface area contributed by atoms with Gasteiger partial charge in [0.1, 0.15) is 5.65 Å². The lowest BCUT2D eigenvalue weighted by Crippen LogP contribution is -2.43. The van der Waals surface area contributed by atoms with Gasteiger partial charge < -0.3 is 10.4 Å². The summed E-state index contributed by atoms with van der Waals surface area (Å²) in [6.07, 6.45) is 11.8. The van der Waals surface area contributed by atoms with Crippen LogP contribution in [0.25, 0.3) is 11.0 Å². The molecule has 2 N–H and O–H groups in total. The molecule has 12 heteroatoms. The van der Waals surface area contributed by atoms with Gasteiger partial charge in [-0.15, -0.1) is 6.42 Å². The van der Waals surface area contributed by atoms with Crippen LogP contribution in [0.4, 0.5) is 5.95 Å². The number of piperidine rings is 1. The van der Waals surface area contributed by atoms with Crippen LogP contribution >= 0.6 is 0 Å². The van der Waals surface area contributed by atoms with Crippen LogP contribution in [0.15, 0.2) is 34.3 Å². The number of sulfonamides is 1. The molecule has 3 aromatic heterocycles. The molecule has 1 saturated heterocycles. The van der Waals surface area contributed by atoms with Gasteiger partial charge in [-0.25, -0.2) is 13.4 Å². The van der Waals surface area contributed by atoms with Crippen LogP contribution in [0, 0.1) is 12.3 Å². The first-order valence-corrected chi connectivity index (χ1v) is 13.4. The number of aliphatic hydroxyl groups is 1. The highest BCUT2D eigenvalue weighted by atomic mass is 32.2. The summed E-state index contributed by atoms with van der Waals surface area (Å²) in [6.45, 7) is 2.43. The van der Waals surface area contributed by atoms with Crippen molar-refractivity contribution in [1.29, 1.82) is 0 Å². The van der Waals surface area contributed by atoms with E-state index in [0.29, 0.717) is 55.8 Å². The lowest BCUT2D eigenvalue weighted by Gasteiger charge is -2.31. The van der Waals surface area contributed by atoms with Gasteiger partial charge in [-0.1, -0.05) is 5.92 Å². The highest BCUT2D eigenvalue weighted by molar-refractivity contribution is 7.89. The Hall–Kier alpha value is -3.27. The van der Waals surface area contributed by atoms with Crippen molar-refractivity contribution in [2.45, 2.75) is 61.7 Å². The van der Waals surface area contributed by atoms with Crippen LogP contribution in [0.3, 0.4) is 0 Å². The van der Waals surface area contributed by atoms with Crippen molar-refractivity contribution in [3.05, 3.63) is 40.4 Å². The molecular formula is C24H29N7O4S. The first kappa shape index (κ1) is 24.4. The molecule has 0 unspecified atom stereocenters. The number of hydrogen-bond acceptors (Lipinski definition) is 8. The zero-order valence-electron chi connectivity index (χ0n) is 20.3. The van der Waals surface area contributed by atoms with Gasteiger partial charge in [-0.05, 0) is 51.2 Å². The minimum absolute atomic E-state index is 0.0415. The molecule has 1 aliphatic carbocycles. The molecule has 0 radical (unpaired) electrons. The molecule has 1 aliphatic heterocycles. The Labute approximate surface area is 209 Å². The van der Waals surface area contributed by atoms with E-state index < -0.39 is 21.7 Å². The van der Waals surface area contributed by atoms with Gasteiger partial charge in [0.05, 0.1) is 23.4 Å². The van der Waals surface area contributed by atoms with Crippen LogP contribution in [0.5, 0.6) is 0 Å². The SMILES string of the molecule is C#Cc1cc2cnc(NC3CCN(S(=O)(=O)c4ccnn4C)CC3)nc2n([C@@H]2CCC[C@@]2(C)O)c1=O. The highest BCUT2D eigenvalue weighted by Gasteiger charge is 2.40. The standard InChI is InChI=1S/C24H29N7O4S/c1-4-16-14-17-15-25-23(28-21(17)31(22(16)32)19-6-5-10-24(19,2)33)27-18-8-12-30(13-9-18)36(34,35)20-7-11-26-29(20)3/h1,7,11,14-15,18-19,33H,5-6,8-10,12-13H2,2-3H3,(H,25,27,28)/t19-,24-/m1/s1. The molecule has 0 aromatic carbocycles. The molecule has 2 aliphatic rings. The van der Waals surface area contributed by atoms with Crippen molar-refractivity contribution in [2.75, 3.05) is 18.4 Å². The number of hydrogen-bond donors (Lipinski definition) is 2. The van der Waals surface area contributed by atoms with Gasteiger partial charge in [0.15, 0.2) is 5.03 Å². The summed E-state index contributed by atoms with van der Waals surface area (Å²) in [4.78, 5) is 22.3. The number of terminal acetylenes is 1. The Morgan fingerprint density at radius 3 is 2.64 bits per heavy atom. The molecule has 0 bridgehead atoms. The van der Waals surface area contributed by atoms with Crippen molar-refractivity contribution < 1.29 is 13.5 Å². The highest BCUT2D eigenvalue weighted by Crippen LogP contribution is 2.39. The smallest absolute Gasteiger partial charge is 0.268 e. The Balaban J connectivity index is 1.39. The normalized spacial score (nSPS) is 23.7. The first-order valence-electron chi connectivity index (χ1n) is 12.0. The Kier molecular flexibility index (Phi) is 6.10. The predicted octanol–water partition coefficient (Wildman–Crippen LogP) is 1.25. The molecule has 5 rings (SSSR count). The van der Waals surface area contributed by atoms with E-state index in [1.54, 1.807) is 26.2 Å². The maximum absolute atomic E-state index is 13.2. The molecule has 2 atom stereocenters. The third-order valence-electron chi connectivity index (χ3n) is 7.29. The number of fused-ring (bicyclic) bond motifs is 1. The summed E-state index contributed by atoms with van der Waals surface area (Å²) < 4.78 is 30.2. The largest absolute Gasteiger partial charge is 0.388 e. The van der Waals surface area contributed by atoms with Gasteiger partial charge in [-0.2, -0.15) is 14.4 Å². The molecule has 11 nitrogen and oxygen atoms in total. The second kappa shape index (κ2) is 8.99. The molecule has 2 fully saturated rings. The van der Waals surface area contributed by atoms with E-state index in [-0.39, 0.29) is 22.2 Å². The number of nitrogens with one attached hydrogen (secondary N) is 1. The van der Waals surface area contributed by atoms with E-state index in [2.05, 4.69) is 26.3 Å². The summed E-state index contributed by atoms with van der Waals surface area (Å²) in [6, 6.07) is 2.61. The topological polar surface area (TPSA) is 135 Å². The fraction of sp³-hybridized carbons (Fsp3) is 0.500. The van der Waals surface area contributed by atoms with Crippen molar-refractivity contribution >= 4 is 27.0 Å². The lowest BCUT2D eigenvalue weighted by atomic mass is 9.99. The van der Waals surface area contributed by atoms with E-state index in [9.17, 15) is 18.3 Å². The van der Waals surface area contributed by atoms with E-state index in [0.717, 1.165) is 6.42 Å². The maximum Gasteiger partial charge on any atom is 0.268 e. The minimum atomic E-state index is -3.62. The van der Waals surface area contributed by atoms with Gasteiger partial charge in [-0.3, -0.25) is 14.0 Å². The average molecular weight is 512 g/mol. The number of aryl methyl sites for hydroxylation is 1. The van der Waals surface area contributed by atoms with Crippen LogP contribution in [0.2, 0.25) is 0 Å². The fourth-order valence-electron chi connectivity index (χ4n) is 5.29. The third kappa shape index (κ3) is 4.17. The van der Waals surface area contributed by atoms with Crippen LogP contribution in [-0.2, 0) is 17.1 Å². The molecule has 1 saturated carbocycles. The number of rotatable bonds is 5. The summed E-state index contributed by atoms with van der Waals surface area (Å²) >= 11 is 0. The van der Waals surface area contributed by atoms with E-state index >= 15 is 0 Å². The molecule has 0 amide bonds.